The summed E-state index contributed by atoms with van der Waals surface area (Å²) in [7, 11) is 0. The van der Waals surface area contributed by atoms with E-state index in [1.807, 2.05) is 6.92 Å². The fourth-order valence-corrected chi connectivity index (χ4v) is 2.54. The number of nitrogens with two attached hydrogens (primary N) is 1. The summed E-state index contributed by atoms with van der Waals surface area (Å²) in [5.41, 5.74) is 7.71. The van der Waals surface area contributed by atoms with E-state index in [1.165, 1.54) is 30.6 Å². The highest BCUT2D eigenvalue weighted by molar-refractivity contribution is 6.35. The fourth-order valence-electron chi connectivity index (χ4n) is 2.54. The number of imidazole rings is 1. The Morgan fingerprint density at radius 3 is 2.92 bits per heavy atom. The third-order valence-electron chi connectivity index (χ3n) is 3.71. The molecule has 1 aromatic carbocycles. The van der Waals surface area contributed by atoms with Crippen LogP contribution in [0, 0.1) is 12.7 Å². The van der Waals surface area contributed by atoms with Crippen LogP contribution in [-0.4, -0.2) is 28.6 Å². The molecule has 1 aromatic heterocycles. The zero-order valence-corrected chi connectivity index (χ0v) is 13.3. The van der Waals surface area contributed by atoms with Gasteiger partial charge in [-0.1, -0.05) is 6.08 Å². The van der Waals surface area contributed by atoms with Gasteiger partial charge in [-0.2, -0.15) is 0 Å². The Labute approximate surface area is 142 Å². The standard InChI is InChI=1S/C17H15FN4O3/c1-9-14(21-8-20-9)7-11-15-10(3-2-6-25-17(19)24)12(18)4-5-13(15)22-16(11)23/h2-5,7-8H,6H2,1H3,(H2,19,24)(H,20,21)(H,22,23). The zero-order chi connectivity index (χ0) is 18.0. The van der Waals surface area contributed by atoms with E-state index in [4.69, 9.17) is 5.73 Å². The van der Waals surface area contributed by atoms with Crippen molar-refractivity contribution < 1.29 is 18.7 Å². The molecule has 0 saturated heterocycles. The summed E-state index contributed by atoms with van der Waals surface area (Å²) in [5, 5.41) is 2.70. The molecule has 7 nitrogen and oxygen atoms in total. The number of carbonyl (C=O) groups is 2. The summed E-state index contributed by atoms with van der Waals surface area (Å²) in [6, 6.07) is 2.76. The molecule has 1 aliphatic heterocycles. The van der Waals surface area contributed by atoms with Crippen LogP contribution >= 0.6 is 0 Å². The number of rotatable bonds is 4. The van der Waals surface area contributed by atoms with Crippen molar-refractivity contribution in [1.29, 1.82) is 0 Å². The second-order valence-corrected chi connectivity index (χ2v) is 5.34. The van der Waals surface area contributed by atoms with Crippen molar-refractivity contribution in [2.45, 2.75) is 6.92 Å². The number of aromatic nitrogens is 2. The summed E-state index contributed by atoms with van der Waals surface area (Å²) in [6.07, 6.45) is 5.09. The average Bonchev–Trinajstić information content (AvgIpc) is 3.10. The molecule has 3 rings (SSSR count). The van der Waals surface area contributed by atoms with Crippen LogP contribution in [0.25, 0.3) is 17.7 Å². The van der Waals surface area contributed by atoms with E-state index in [0.29, 0.717) is 22.5 Å². The number of benzene rings is 1. The normalized spacial score (nSPS) is 14.8. The highest BCUT2D eigenvalue weighted by atomic mass is 19.1. The first-order chi connectivity index (χ1) is 12.0. The molecular formula is C17H15FN4O3. The Morgan fingerprint density at radius 2 is 2.24 bits per heavy atom. The summed E-state index contributed by atoms with van der Waals surface area (Å²) < 4.78 is 18.9. The Kier molecular flexibility index (Phi) is 4.34. The number of hydrogen-bond acceptors (Lipinski definition) is 4. The van der Waals surface area contributed by atoms with Gasteiger partial charge in [0.1, 0.15) is 12.4 Å². The molecule has 0 radical (unpaired) electrons. The van der Waals surface area contributed by atoms with Gasteiger partial charge in [-0.15, -0.1) is 0 Å². The first-order valence-corrected chi connectivity index (χ1v) is 7.42. The van der Waals surface area contributed by atoms with E-state index < -0.39 is 11.9 Å². The summed E-state index contributed by atoms with van der Waals surface area (Å²) in [5.74, 6) is -0.846. The molecule has 1 aliphatic rings. The number of ether oxygens (including phenoxy) is 1. The number of H-pyrrole nitrogens is 1. The lowest BCUT2D eigenvalue weighted by molar-refractivity contribution is -0.110. The molecule has 2 heterocycles. The van der Waals surface area contributed by atoms with Gasteiger partial charge in [0, 0.05) is 22.5 Å². The zero-order valence-electron chi connectivity index (χ0n) is 13.3. The Balaban J connectivity index is 2.04. The molecule has 0 spiro atoms. The minimum absolute atomic E-state index is 0.0999. The fraction of sp³-hybridized carbons (Fsp3) is 0.118. The van der Waals surface area contributed by atoms with Crippen molar-refractivity contribution in [2.24, 2.45) is 5.73 Å². The summed E-state index contributed by atoms with van der Waals surface area (Å²) in [4.78, 5) is 30.0. The number of halogens is 1. The van der Waals surface area contributed by atoms with Crippen molar-refractivity contribution >= 4 is 35.4 Å². The Hall–Kier alpha value is -3.42. The van der Waals surface area contributed by atoms with E-state index in [-0.39, 0.29) is 18.1 Å². The molecule has 4 N–H and O–H groups in total. The molecule has 0 aliphatic carbocycles. The van der Waals surface area contributed by atoms with E-state index in [2.05, 4.69) is 20.0 Å². The average molecular weight is 342 g/mol. The van der Waals surface area contributed by atoms with Crippen LogP contribution in [0.15, 0.2) is 24.5 Å². The van der Waals surface area contributed by atoms with Crippen LogP contribution in [0.3, 0.4) is 0 Å². The van der Waals surface area contributed by atoms with Crippen molar-refractivity contribution in [3.8, 4) is 0 Å². The van der Waals surface area contributed by atoms with E-state index in [0.717, 1.165) is 5.69 Å². The predicted octanol–water partition coefficient (Wildman–Crippen LogP) is 2.46. The van der Waals surface area contributed by atoms with Crippen LogP contribution in [-0.2, 0) is 9.53 Å². The Morgan fingerprint density at radius 1 is 1.44 bits per heavy atom. The predicted molar refractivity (Wildman–Crippen MR) is 90.8 cm³/mol. The molecule has 0 unspecified atom stereocenters. The molecule has 8 heteroatoms. The molecule has 0 saturated carbocycles. The van der Waals surface area contributed by atoms with Crippen molar-refractivity contribution in [3.63, 3.8) is 0 Å². The quantitative estimate of drug-likeness (QED) is 0.741. The molecule has 2 aromatic rings. The second-order valence-electron chi connectivity index (χ2n) is 5.34. The molecule has 0 bridgehead atoms. The number of anilines is 1. The van der Waals surface area contributed by atoms with E-state index >= 15 is 0 Å². The van der Waals surface area contributed by atoms with Gasteiger partial charge in [-0.25, -0.2) is 14.2 Å². The lowest BCUT2D eigenvalue weighted by atomic mass is 9.98. The van der Waals surface area contributed by atoms with E-state index in [1.54, 1.807) is 6.08 Å². The molecule has 2 amide bonds. The molecule has 128 valence electrons. The Bertz CT molecular complexity index is 915. The van der Waals surface area contributed by atoms with Crippen LogP contribution in [0.4, 0.5) is 14.9 Å². The van der Waals surface area contributed by atoms with Crippen LogP contribution in [0.5, 0.6) is 0 Å². The number of carbonyl (C=O) groups excluding carboxylic acids is 2. The van der Waals surface area contributed by atoms with Gasteiger partial charge in [0.05, 0.1) is 17.6 Å². The van der Waals surface area contributed by atoms with Gasteiger partial charge >= 0.3 is 6.09 Å². The lowest BCUT2D eigenvalue weighted by Gasteiger charge is -2.06. The first-order valence-electron chi connectivity index (χ1n) is 7.42. The minimum Gasteiger partial charge on any atom is -0.445 e. The highest BCUT2D eigenvalue weighted by Gasteiger charge is 2.28. The van der Waals surface area contributed by atoms with Crippen molar-refractivity contribution in [1.82, 2.24) is 9.97 Å². The number of nitrogens with one attached hydrogen (secondary N) is 2. The molecule has 0 fully saturated rings. The van der Waals surface area contributed by atoms with Crippen LogP contribution in [0.1, 0.15) is 22.5 Å². The molecule has 0 atom stereocenters. The van der Waals surface area contributed by atoms with E-state index in [9.17, 15) is 14.0 Å². The SMILES string of the molecule is Cc1[nH]cnc1C=C1C(=O)Nc2ccc(F)c(C=CCOC(N)=O)c21. The van der Waals surface area contributed by atoms with Gasteiger partial charge in [-0.3, -0.25) is 4.79 Å². The largest absolute Gasteiger partial charge is 0.445 e. The van der Waals surface area contributed by atoms with Gasteiger partial charge in [-0.05, 0) is 31.2 Å². The van der Waals surface area contributed by atoms with Crippen molar-refractivity contribution in [3.05, 3.63) is 52.9 Å². The number of hydrogen-bond donors (Lipinski definition) is 3. The first kappa shape index (κ1) is 16.4. The topological polar surface area (TPSA) is 110 Å². The summed E-state index contributed by atoms with van der Waals surface area (Å²) in [6.45, 7) is 1.72. The van der Waals surface area contributed by atoms with Gasteiger partial charge < -0.3 is 20.8 Å². The molecule has 25 heavy (non-hydrogen) atoms. The number of amides is 2. The third kappa shape index (κ3) is 3.27. The monoisotopic (exact) mass is 342 g/mol. The van der Waals surface area contributed by atoms with Crippen molar-refractivity contribution in [2.75, 3.05) is 11.9 Å². The second kappa shape index (κ2) is 6.60. The maximum Gasteiger partial charge on any atom is 0.404 e. The number of nitrogens with zero attached hydrogens (tertiary/aromatic N) is 1. The maximum atomic E-state index is 14.3. The highest BCUT2D eigenvalue weighted by Crippen LogP contribution is 2.37. The minimum atomic E-state index is -0.921. The van der Waals surface area contributed by atoms with Gasteiger partial charge in [0.25, 0.3) is 5.91 Å². The van der Waals surface area contributed by atoms with Gasteiger partial charge in [0.15, 0.2) is 0 Å². The maximum absolute atomic E-state index is 14.3. The smallest absolute Gasteiger partial charge is 0.404 e. The summed E-state index contributed by atoms with van der Waals surface area (Å²) >= 11 is 0. The number of aryl methyl sites for hydroxylation is 1. The molecular weight excluding hydrogens is 327 g/mol. The van der Waals surface area contributed by atoms with Crippen LogP contribution in [0.2, 0.25) is 0 Å². The van der Waals surface area contributed by atoms with Gasteiger partial charge in [0.2, 0.25) is 0 Å². The third-order valence-corrected chi connectivity index (χ3v) is 3.71. The number of aromatic amines is 1. The lowest BCUT2D eigenvalue weighted by Crippen LogP contribution is -2.12. The van der Waals surface area contributed by atoms with Crippen LogP contribution < -0.4 is 11.1 Å². The number of primary amides is 1. The number of fused-ring (bicyclic) bond motifs is 1.